The fraction of sp³-hybridized carbons (Fsp3) is 0.571. The summed E-state index contributed by atoms with van der Waals surface area (Å²) >= 11 is 0. The molecule has 6 nitrogen and oxygen atoms in total. The lowest BCUT2D eigenvalue weighted by Gasteiger charge is -2.25. The molecule has 1 aromatic carbocycles. The molecule has 12 heteroatoms. The number of fused-ring (bicyclic) bond motifs is 1. The molecule has 182 valence electrons. The van der Waals surface area contributed by atoms with Crippen molar-refractivity contribution in [2.24, 2.45) is 7.05 Å². The van der Waals surface area contributed by atoms with Crippen LogP contribution in [0.2, 0.25) is 0 Å². The largest absolute Gasteiger partial charge is 0.459 e. The van der Waals surface area contributed by atoms with E-state index >= 15 is 0 Å². The summed E-state index contributed by atoms with van der Waals surface area (Å²) in [7, 11) is 0.823. The smallest absolute Gasteiger partial charge is 0.368 e. The summed E-state index contributed by atoms with van der Waals surface area (Å²) in [5.74, 6) is -8.14. The van der Waals surface area contributed by atoms with Crippen LogP contribution in [0.1, 0.15) is 30.8 Å². The van der Waals surface area contributed by atoms with E-state index in [1.807, 2.05) is 30.3 Å². The third kappa shape index (κ3) is 4.48. The van der Waals surface area contributed by atoms with E-state index in [4.69, 9.17) is 18.9 Å². The first-order valence-electron chi connectivity index (χ1n) is 10.1. The van der Waals surface area contributed by atoms with Gasteiger partial charge in [-0.2, -0.15) is 27.1 Å². The number of hydrogen-bond donors (Lipinski definition) is 0. The van der Waals surface area contributed by atoms with Gasteiger partial charge >= 0.3 is 12.1 Å². The molecular formula is C21H22F6N2O4. The Balaban J connectivity index is 1.58. The Kier molecular flexibility index (Phi) is 6.00. The highest BCUT2D eigenvalue weighted by molar-refractivity contribution is 5.21. The molecule has 0 unspecified atom stereocenters. The number of aromatic nitrogens is 2. The van der Waals surface area contributed by atoms with Gasteiger partial charge in [0.15, 0.2) is 23.6 Å². The van der Waals surface area contributed by atoms with Crippen LogP contribution in [0.4, 0.5) is 26.3 Å². The average Bonchev–Trinajstić information content (AvgIpc) is 3.27. The molecule has 0 radical (unpaired) electrons. The van der Waals surface area contributed by atoms with E-state index in [-0.39, 0.29) is 11.3 Å². The van der Waals surface area contributed by atoms with Gasteiger partial charge in [0, 0.05) is 13.5 Å². The van der Waals surface area contributed by atoms with Crippen LogP contribution in [0, 0.1) is 5.82 Å². The van der Waals surface area contributed by atoms with E-state index in [0.717, 1.165) is 12.6 Å². The Labute approximate surface area is 185 Å². The topological polar surface area (TPSA) is 54.7 Å². The highest BCUT2D eigenvalue weighted by Gasteiger charge is 2.62. The monoisotopic (exact) mass is 480 g/mol. The van der Waals surface area contributed by atoms with Crippen LogP contribution < -0.4 is 0 Å². The van der Waals surface area contributed by atoms with E-state index < -0.39 is 66.1 Å². The minimum atomic E-state index is -5.98. The summed E-state index contributed by atoms with van der Waals surface area (Å²) in [4.78, 5) is 0. The third-order valence-corrected chi connectivity index (χ3v) is 5.48. The Morgan fingerprint density at radius 1 is 1.09 bits per heavy atom. The van der Waals surface area contributed by atoms with Crippen LogP contribution in [0.3, 0.4) is 0 Å². The van der Waals surface area contributed by atoms with Gasteiger partial charge in [0.05, 0.1) is 12.7 Å². The van der Waals surface area contributed by atoms with Gasteiger partial charge in [0.2, 0.25) is 0 Å². The van der Waals surface area contributed by atoms with Crippen LogP contribution in [-0.2, 0) is 44.9 Å². The lowest BCUT2D eigenvalue weighted by molar-refractivity contribution is -0.292. The molecule has 2 fully saturated rings. The van der Waals surface area contributed by atoms with Crippen LogP contribution in [-0.4, -0.2) is 46.3 Å². The van der Waals surface area contributed by atoms with Crippen LogP contribution in [0.15, 0.2) is 30.3 Å². The van der Waals surface area contributed by atoms with Crippen molar-refractivity contribution in [2.75, 3.05) is 0 Å². The lowest BCUT2D eigenvalue weighted by Crippen LogP contribution is -2.38. The van der Waals surface area contributed by atoms with Crippen molar-refractivity contribution >= 4 is 0 Å². The van der Waals surface area contributed by atoms with E-state index in [1.165, 1.54) is 0 Å². The number of aryl methyl sites for hydroxylation is 1. The molecule has 0 N–H and O–H groups in total. The number of nitrogens with zero attached hydrogens (tertiary/aromatic N) is 2. The van der Waals surface area contributed by atoms with Gasteiger partial charge in [0.25, 0.3) is 0 Å². The fourth-order valence-electron chi connectivity index (χ4n) is 4.03. The Morgan fingerprint density at radius 2 is 1.76 bits per heavy atom. The zero-order valence-electron chi connectivity index (χ0n) is 17.9. The summed E-state index contributed by atoms with van der Waals surface area (Å²) in [5.41, 5.74) is -1.64. The molecule has 0 aliphatic carbocycles. The van der Waals surface area contributed by atoms with Gasteiger partial charge in [-0.05, 0) is 19.4 Å². The number of rotatable bonds is 6. The van der Waals surface area contributed by atoms with Crippen LogP contribution in [0.25, 0.3) is 0 Å². The number of alkyl halides is 5. The second-order valence-corrected chi connectivity index (χ2v) is 8.41. The van der Waals surface area contributed by atoms with Crippen molar-refractivity contribution in [1.29, 1.82) is 0 Å². The molecule has 3 heterocycles. The zero-order chi connectivity index (χ0) is 24.2. The van der Waals surface area contributed by atoms with E-state index in [0.29, 0.717) is 0 Å². The van der Waals surface area contributed by atoms with Gasteiger partial charge in [0.1, 0.15) is 17.9 Å². The maximum atomic E-state index is 14.7. The predicted octanol–water partition coefficient (Wildman–Crippen LogP) is 4.22. The van der Waals surface area contributed by atoms with Gasteiger partial charge in [-0.1, -0.05) is 30.3 Å². The van der Waals surface area contributed by atoms with Crippen molar-refractivity contribution in [2.45, 2.75) is 69.4 Å². The maximum absolute atomic E-state index is 14.7. The van der Waals surface area contributed by atoms with Crippen LogP contribution in [0.5, 0.6) is 0 Å². The van der Waals surface area contributed by atoms with Crippen molar-refractivity contribution in [1.82, 2.24) is 9.78 Å². The van der Waals surface area contributed by atoms with E-state index in [9.17, 15) is 26.3 Å². The fourth-order valence-corrected chi connectivity index (χ4v) is 4.03. The molecule has 2 aromatic rings. The number of halogens is 6. The highest BCUT2D eigenvalue weighted by Crippen LogP contribution is 2.45. The van der Waals surface area contributed by atoms with Crippen molar-refractivity contribution < 1.29 is 45.3 Å². The minimum Gasteiger partial charge on any atom is -0.368 e. The quantitative estimate of drug-likeness (QED) is 0.580. The SMILES string of the molecule is Cn1nc(C[C@H]2O[C@@H]3OC(C)(C)O[C@@H]3[C@H]2OCc2ccccc2)c(F)c1C(F)(F)C(F)(F)F. The maximum Gasteiger partial charge on any atom is 0.459 e. The first-order chi connectivity index (χ1) is 15.3. The third-order valence-electron chi connectivity index (χ3n) is 5.48. The van der Waals surface area contributed by atoms with E-state index in [1.54, 1.807) is 13.8 Å². The first-order valence-corrected chi connectivity index (χ1v) is 10.1. The van der Waals surface area contributed by atoms with Crippen LogP contribution >= 0.6 is 0 Å². The highest BCUT2D eigenvalue weighted by atomic mass is 19.4. The summed E-state index contributed by atoms with van der Waals surface area (Å²) in [6.45, 7) is 3.48. The Hall–Kier alpha value is -2.15. The second-order valence-electron chi connectivity index (χ2n) is 8.41. The summed E-state index contributed by atoms with van der Waals surface area (Å²) < 4.78 is 104. The number of ether oxygens (including phenoxy) is 4. The molecule has 0 bridgehead atoms. The molecule has 0 amide bonds. The van der Waals surface area contributed by atoms with Crippen molar-refractivity contribution in [3.63, 3.8) is 0 Å². The number of benzene rings is 1. The molecule has 1 aromatic heterocycles. The van der Waals surface area contributed by atoms with Gasteiger partial charge in [-0.25, -0.2) is 4.39 Å². The molecule has 4 atom stereocenters. The van der Waals surface area contributed by atoms with Crippen molar-refractivity contribution in [3.8, 4) is 0 Å². The molecular weight excluding hydrogens is 458 g/mol. The second kappa shape index (κ2) is 8.26. The Morgan fingerprint density at radius 3 is 2.39 bits per heavy atom. The van der Waals surface area contributed by atoms with E-state index in [2.05, 4.69) is 5.10 Å². The summed E-state index contributed by atoms with van der Waals surface area (Å²) in [6, 6.07) is 9.10. The summed E-state index contributed by atoms with van der Waals surface area (Å²) in [5, 5.41) is 3.57. The first kappa shape index (κ1) is 24.0. The standard InChI is InChI=1S/C21H22F6N2O4/c1-19(2)32-16-15(30-10-11-7-5-4-6-8-11)13(31-18(16)33-19)9-12-14(22)17(29(3)28-12)20(23,24)21(25,26)27/h4-8,13,15-16,18H,9-10H2,1-3H3/t13-,15+,16-,18-/m1/s1. The van der Waals surface area contributed by atoms with Gasteiger partial charge < -0.3 is 18.9 Å². The predicted molar refractivity (Wildman–Crippen MR) is 101 cm³/mol. The Bertz CT molecular complexity index is 995. The molecule has 2 saturated heterocycles. The summed E-state index contributed by atoms with van der Waals surface area (Å²) in [6.07, 6.45) is -9.77. The molecule has 2 aliphatic heterocycles. The number of hydrogen-bond acceptors (Lipinski definition) is 5. The molecule has 0 saturated carbocycles. The van der Waals surface area contributed by atoms with Gasteiger partial charge in [-0.3, -0.25) is 4.68 Å². The average molecular weight is 480 g/mol. The molecule has 0 spiro atoms. The zero-order valence-corrected chi connectivity index (χ0v) is 17.9. The minimum absolute atomic E-state index is 0.139. The molecule has 33 heavy (non-hydrogen) atoms. The van der Waals surface area contributed by atoms with Gasteiger partial charge in [-0.15, -0.1) is 0 Å². The molecule has 2 aliphatic rings. The molecule has 4 rings (SSSR count). The lowest BCUT2D eigenvalue weighted by atomic mass is 10.0. The van der Waals surface area contributed by atoms with Crippen molar-refractivity contribution in [3.05, 3.63) is 53.1 Å². The normalized spacial score (nSPS) is 27.2.